The smallest absolute Gasteiger partial charge is 0.261 e. The summed E-state index contributed by atoms with van der Waals surface area (Å²) >= 11 is 0. The molecule has 1 saturated carbocycles. The van der Waals surface area contributed by atoms with E-state index in [1.807, 2.05) is 0 Å². The van der Waals surface area contributed by atoms with Gasteiger partial charge in [-0.3, -0.25) is 4.79 Å². The summed E-state index contributed by atoms with van der Waals surface area (Å²) in [6.07, 6.45) is 0.965. The molecule has 1 aliphatic rings. The van der Waals surface area contributed by atoms with Crippen molar-refractivity contribution in [2.75, 3.05) is 0 Å². The third-order valence-electron chi connectivity index (χ3n) is 3.22. The van der Waals surface area contributed by atoms with E-state index in [9.17, 15) is 13.2 Å². The van der Waals surface area contributed by atoms with Crippen molar-refractivity contribution in [3.05, 3.63) is 29.8 Å². The molecular formula is C12H14ClNO3S. The molecule has 1 aromatic carbocycles. The van der Waals surface area contributed by atoms with E-state index >= 15 is 0 Å². The van der Waals surface area contributed by atoms with Gasteiger partial charge in [0, 0.05) is 22.3 Å². The maximum absolute atomic E-state index is 11.9. The van der Waals surface area contributed by atoms with Gasteiger partial charge in [0.1, 0.15) is 0 Å². The number of carbonyl (C=O) groups excluding carboxylic acids is 1. The second kappa shape index (κ2) is 4.24. The van der Waals surface area contributed by atoms with E-state index in [2.05, 4.69) is 19.2 Å². The van der Waals surface area contributed by atoms with Crippen molar-refractivity contribution in [1.82, 2.24) is 5.32 Å². The number of amides is 1. The number of halogens is 1. The van der Waals surface area contributed by atoms with Crippen LogP contribution in [0.5, 0.6) is 0 Å². The predicted octanol–water partition coefficient (Wildman–Crippen LogP) is 2.14. The van der Waals surface area contributed by atoms with Gasteiger partial charge in [0.15, 0.2) is 0 Å². The zero-order valence-electron chi connectivity index (χ0n) is 10.1. The lowest BCUT2D eigenvalue weighted by Crippen LogP contribution is -2.28. The third-order valence-corrected chi connectivity index (χ3v) is 4.59. The number of hydrogen-bond acceptors (Lipinski definition) is 3. The minimum Gasteiger partial charge on any atom is -0.349 e. The molecule has 0 saturated heterocycles. The Labute approximate surface area is 111 Å². The van der Waals surface area contributed by atoms with Gasteiger partial charge >= 0.3 is 0 Å². The molecule has 0 bridgehead atoms. The van der Waals surface area contributed by atoms with E-state index in [1.54, 1.807) is 0 Å². The minimum atomic E-state index is -3.73. The Bertz CT molecular complexity index is 578. The molecule has 1 aliphatic carbocycles. The Morgan fingerprint density at radius 2 is 1.83 bits per heavy atom. The lowest BCUT2D eigenvalue weighted by molar-refractivity contribution is 0.0946. The van der Waals surface area contributed by atoms with Crippen LogP contribution >= 0.6 is 10.7 Å². The molecule has 2 rings (SSSR count). The first-order chi connectivity index (χ1) is 8.20. The van der Waals surface area contributed by atoms with Crippen LogP contribution in [0.25, 0.3) is 0 Å². The van der Waals surface area contributed by atoms with Gasteiger partial charge in [0.25, 0.3) is 15.0 Å². The second-order valence-corrected chi connectivity index (χ2v) is 7.75. The van der Waals surface area contributed by atoms with E-state index in [1.165, 1.54) is 24.3 Å². The Kier molecular flexibility index (Phi) is 3.15. The fraction of sp³-hybridized carbons (Fsp3) is 0.417. The quantitative estimate of drug-likeness (QED) is 0.867. The molecule has 0 aromatic heterocycles. The fourth-order valence-corrected chi connectivity index (χ4v) is 2.49. The van der Waals surface area contributed by atoms with Crippen molar-refractivity contribution in [3.8, 4) is 0 Å². The van der Waals surface area contributed by atoms with Crippen LogP contribution in [0.4, 0.5) is 0 Å². The monoisotopic (exact) mass is 287 g/mol. The van der Waals surface area contributed by atoms with Crippen molar-refractivity contribution in [2.45, 2.75) is 31.2 Å². The summed E-state index contributed by atoms with van der Waals surface area (Å²) < 4.78 is 22.1. The van der Waals surface area contributed by atoms with Crippen molar-refractivity contribution in [3.63, 3.8) is 0 Å². The van der Waals surface area contributed by atoms with Gasteiger partial charge in [0.05, 0.1) is 4.90 Å². The van der Waals surface area contributed by atoms with Gasteiger partial charge in [-0.1, -0.05) is 13.8 Å². The van der Waals surface area contributed by atoms with Crippen LogP contribution < -0.4 is 5.32 Å². The average Bonchev–Trinajstić information content (AvgIpc) is 2.85. The molecule has 1 N–H and O–H groups in total. The topological polar surface area (TPSA) is 63.2 Å². The highest BCUT2D eigenvalue weighted by atomic mass is 35.7. The van der Waals surface area contributed by atoms with E-state index in [4.69, 9.17) is 10.7 Å². The molecular weight excluding hydrogens is 274 g/mol. The predicted molar refractivity (Wildman–Crippen MR) is 69.1 cm³/mol. The molecule has 0 radical (unpaired) electrons. The molecule has 1 amide bonds. The van der Waals surface area contributed by atoms with Gasteiger partial charge in [-0.25, -0.2) is 8.42 Å². The molecule has 0 spiro atoms. The largest absolute Gasteiger partial charge is 0.349 e. The standard InChI is InChI=1S/C12H14ClNO3S/c1-12(2)7-10(12)14-11(15)8-3-5-9(6-4-8)18(13,16)17/h3-6,10H,7H2,1-2H3,(H,14,15). The molecule has 0 aliphatic heterocycles. The van der Waals surface area contributed by atoms with Gasteiger partial charge in [0.2, 0.25) is 0 Å². The first kappa shape index (κ1) is 13.4. The maximum Gasteiger partial charge on any atom is 0.261 e. The first-order valence-corrected chi connectivity index (χ1v) is 7.87. The summed E-state index contributed by atoms with van der Waals surface area (Å²) in [5.41, 5.74) is 0.594. The number of nitrogens with one attached hydrogen (secondary N) is 1. The fourth-order valence-electron chi connectivity index (χ4n) is 1.72. The van der Waals surface area contributed by atoms with E-state index in [0.717, 1.165) is 6.42 Å². The van der Waals surface area contributed by atoms with E-state index < -0.39 is 9.05 Å². The SMILES string of the molecule is CC1(C)CC1NC(=O)c1ccc(S(=O)(=O)Cl)cc1. The Hall–Kier alpha value is -1.07. The van der Waals surface area contributed by atoms with Crippen LogP contribution in [-0.2, 0) is 9.05 Å². The van der Waals surface area contributed by atoms with Crippen molar-refractivity contribution in [2.24, 2.45) is 5.41 Å². The van der Waals surface area contributed by atoms with Gasteiger partial charge < -0.3 is 5.32 Å². The molecule has 1 unspecified atom stereocenters. The van der Waals surface area contributed by atoms with Crippen LogP contribution in [0.3, 0.4) is 0 Å². The van der Waals surface area contributed by atoms with Crippen LogP contribution in [0, 0.1) is 5.41 Å². The third kappa shape index (κ3) is 2.84. The molecule has 98 valence electrons. The van der Waals surface area contributed by atoms with Gasteiger partial charge in [-0.15, -0.1) is 0 Å². The van der Waals surface area contributed by atoms with Crippen molar-refractivity contribution < 1.29 is 13.2 Å². The van der Waals surface area contributed by atoms with Crippen LogP contribution in [-0.4, -0.2) is 20.4 Å². The van der Waals surface area contributed by atoms with Crippen molar-refractivity contribution >= 4 is 25.6 Å². The highest BCUT2D eigenvalue weighted by molar-refractivity contribution is 8.13. The maximum atomic E-state index is 11.9. The van der Waals surface area contributed by atoms with Crippen LogP contribution in [0.15, 0.2) is 29.2 Å². The Balaban J connectivity index is 2.08. The summed E-state index contributed by atoms with van der Waals surface area (Å²) in [4.78, 5) is 11.8. The first-order valence-electron chi connectivity index (χ1n) is 5.56. The zero-order valence-corrected chi connectivity index (χ0v) is 11.7. The molecule has 6 heteroatoms. The number of carbonyl (C=O) groups is 1. The number of benzene rings is 1. The lowest BCUT2D eigenvalue weighted by Gasteiger charge is -2.07. The Morgan fingerprint density at radius 3 is 2.22 bits per heavy atom. The highest BCUT2D eigenvalue weighted by Gasteiger charge is 2.46. The zero-order chi connectivity index (χ0) is 13.6. The summed E-state index contributed by atoms with van der Waals surface area (Å²) in [7, 11) is 1.46. The highest BCUT2D eigenvalue weighted by Crippen LogP contribution is 2.44. The summed E-state index contributed by atoms with van der Waals surface area (Å²) in [6.45, 7) is 4.17. The van der Waals surface area contributed by atoms with Gasteiger partial charge in [-0.05, 0) is 36.1 Å². The summed E-state index contributed by atoms with van der Waals surface area (Å²) in [6, 6.07) is 5.77. The van der Waals surface area contributed by atoms with E-state index in [-0.39, 0.29) is 22.3 Å². The molecule has 18 heavy (non-hydrogen) atoms. The molecule has 1 aromatic rings. The van der Waals surface area contributed by atoms with Crippen molar-refractivity contribution in [1.29, 1.82) is 0 Å². The van der Waals surface area contributed by atoms with Crippen LogP contribution in [0.2, 0.25) is 0 Å². The molecule has 4 nitrogen and oxygen atoms in total. The van der Waals surface area contributed by atoms with E-state index in [0.29, 0.717) is 5.56 Å². The number of rotatable bonds is 3. The minimum absolute atomic E-state index is 0.00697. The average molecular weight is 288 g/mol. The molecule has 0 heterocycles. The summed E-state index contributed by atoms with van der Waals surface area (Å²) in [5, 5.41) is 2.90. The lowest BCUT2D eigenvalue weighted by atomic mass is 10.1. The van der Waals surface area contributed by atoms with Gasteiger partial charge in [-0.2, -0.15) is 0 Å². The molecule has 1 fully saturated rings. The summed E-state index contributed by atoms with van der Waals surface area (Å²) in [5.74, 6) is -0.191. The second-order valence-electron chi connectivity index (χ2n) is 5.18. The normalized spacial score (nSPS) is 21.4. The van der Waals surface area contributed by atoms with Crippen LogP contribution in [0.1, 0.15) is 30.6 Å². The molecule has 1 atom stereocenters. The number of hydrogen-bond donors (Lipinski definition) is 1. The Morgan fingerprint density at radius 1 is 1.33 bits per heavy atom.